The molecule has 3 nitrogen and oxygen atoms in total. The van der Waals surface area contributed by atoms with E-state index >= 15 is 0 Å². The summed E-state index contributed by atoms with van der Waals surface area (Å²) in [6.45, 7) is 0.970. The van der Waals surface area contributed by atoms with Crippen molar-refractivity contribution in [2.24, 2.45) is 0 Å². The Balaban J connectivity index is 2.02. The molecule has 1 aromatic heterocycles. The van der Waals surface area contributed by atoms with Gasteiger partial charge in [0.25, 0.3) is 0 Å². The van der Waals surface area contributed by atoms with E-state index in [-0.39, 0.29) is 0 Å². The van der Waals surface area contributed by atoms with Crippen LogP contribution in [-0.2, 0) is 6.54 Å². The second-order valence-corrected chi connectivity index (χ2v) is 7.47. The van der Waals surface area contributed by atoms with Crippen LogP contribution in [0.25, 0.3) is 11.0 Å². The molecular weight excluding hydrogens is 322 g/mol. The Kier molecular flexibility index (Phi) is 3.52. The van der Waals surface area contributed by atoms with Crippen LogP contribution in [0.15, 0.2) is 22.7 Å². The van der Waals surface area contributed by atoms with E-state index in [1.807, 2.05) is 17.8 Å². The zero-order chi connectivity index (χ0) is 13.5. The van der Waals surface area contributed by atoms with Crippen LogP contribution in [-0.4, -0.2) is 20.6 Å². The van der Waals surface area contributed by atoms with Gasteiger partial charge in [0.1, 0.15) is 0 Å². The van der Waals surface area contributed by atoms with Gasteiger partial charge in [-0.15, -0.1) is 0 Å². The third kappa shape index (κ3) is 2.38. The quantitative estimate of drug-likeness (QED) is 0.916. The molecule has 5 heteroatoms. The average Bonchev–Trinajstić information content (AvgIpc) is 2.96. The molecule has 0 spiro atoms. The number of anilines is 1. The molecule has 0 atom stereocenters. The van der Waals surface area contributed by atoms with Gasteiger partial charge in [0.05, 0.1) is 11.0 Å². The summed E-state index contributed by atoms with van der Waals surface area (Å²) in [6.07, 6.45) is 7.45. The number of thioether (sulfide) groups is 1. The number of imidazole rings is 1. The molecule has 1 heterocycles. The lowest BCUT2D eigenvalue weighted by Crippen LogP contribution is -2.27. The second-order valence-electron chi connectivity index (χ2n) is 5.28. The Morgan fingerprint density at radius 2 is 2.16 bits per heavy atom. The van der Waals surface area contributed by atoms with Crippen LogP contribution in [0.5, 0.6) is 0 Å². The van der Waals surface area contributed by atoms with Crippen molar-refractivity contribution < 1.29 is 0 Å². The standard InChI is InChI=1S/C14H18BrN3S/c1-19-14(6-2-3-7-14)9-18-12-5-4-10(15)8-11(12)17-13(18)16/h4-5,8H,2-3,6-7,9H2,1H3,(H2,16,17). The van der Waals surface area contributed by atoms with Crippen molar-refractivity contribution in [1.82, 2.24) is 9.55 Å². The van der Waals surface area contributed by atoms with Crippen molar-refractivity contribution in [3.63, 3.8) is 0 Å². The molecule has 0 radical (unpaired) electrons. The van der Waals surface area contributed by atoms with E-state index in [1.54, 1.807) is 0 Å². The molecule has 0 aliphatic heterocycles. The molecule has 102 valence electrons. The molecule has 2 aromatic rings. The number of nitrogens with two attached hydrogens (primary N) is 1. The zero-order valence-corrected chi connectivity index (χ0v) is 13.4. The number of aromatic nitrogens is 2. The van der Waals surface area contributed by atoms with Crippen molar-refractivity contribution in [2.75, 3.05) is 12.0 Å². The van der Waals surface area contributed by atoms with E-state index in [4.69, 9.17) is 5.73 Å². The Morgan fingerprint density at radius 3 is 2.84 bits per heavy atom. The molecule has 3 rings (SSSR count). The zero-order valence-electron chi connectivity index (χ0n) is 11.0. The van der Waals surface area contributed by atoms with Crippen molar-refractivity contribution in [1.29, 1.82) is 0 Å². The highest BCUT2D eigenvalue weighted by Gasteiger charge is 2.34. The minimum absolute atomic E-state index is 0.342. The molecule has 1 aliphatic rings. The van der Waals surface area contributed by atoms with Crippen LogP contribution in [0.2, 0.25) is 0 Å². The Hall–Kier alpha value is -0.680. The number of fused-ring (bicyclic) bond motifs is 1. The fourth-order valence-corrected chi connectivity index (χ4v) is 4.33. The molecule has 1 saturated carbocycles. The number of nitrogens with zero attached hydrogens (tertiary/aromatic N) is 2. The van der Waals surface area contributed by atoms with Gasteiger partial charge in [0.15, 0.2) is 0 Å². The van der Waals surface area contributed by atoms with E-state index in [1.165, 1.54) is 25.7 Å². The number of rotatable bonds is 3. The first-order chi connectivity index (χ1) is 9.13. The highest BCUT2D eigenvalue weighted by molar-refractivity contribution is 9.10. The lowest BCUT2D eigenvalue weighted by molar-refractivity contribution is 0.518. The van der Waals surface area contributed by atoms with Gasteiger partial charge in [-0.3, -0.25) is 0 Å². The fourth-order valence-electron chi connectivity index (χ4n) is 3.02. The Bertz CT molecular complexity index is 602. The molecule has 0 saturated heterocycles. The number of nitrogen functional groups attached to an aromatic ring is 1. The maximum atomic E-state index is 6.12. The normalized spacial score (nSPS) is 18.2. The first-order valence-electron chi connectivity index (χ1n) is 6.60. The third-order valence-corrected chi connectivity index (χ3v) is 6.03. The predicted octanol–water partition coefficient (Wildman–Crippen LogP) is 4.06. The second kappa shape index (κ2) is 5.02. The lowest BCUT2D eigenvalue weighted by atomic mass is 10.1. The molecule has 19 heavy (non-hydrogen) atoms. The van der Waals surface area contributed by atoms with Gasteiger partial charge in [-0.2, -0.15) is 11.8 Å². The van der Waals surface area contributed by atoms with Crippen LogP contribution in [0, 0.1) is 0 Å². The van der Waals surface area contributed by atoms with Crippen molar-refractivity contribution in [2.45, 2.75) is 37.0 Å². The minimum atomic E-state index is 0.342. The first-order valence-corrected chi connectivity index (χ1v) is 8.62. The van der Waals surface area contributed by atoms with E-state index in [9.17, 15) is 0 Å². The molecule has 0 amide bonds. The highest BCUT2D eigenvalue weighted by atomic mass is 79.9. The molecule has 0 unspecified atom stereocenters. The highest BCUT2D eigenvalue weighted by Crippen LogP contribution is 2.42. The predicted molar refractivity (Wildman–Crippen MR) is 86.6 cm³/mol. The van der Waals surface area contributed by atoms with Crippen molar-refractivity contribution in [3.05, 3.63) is 22.7 Å². The largest absolute Gasteiger partial charge is 0.369 e. The molecular formula is C14H18BrN3S. The van der Waals surface area contributed by atoms with Crippen LogP contribution in [0.1, 0.15) is 25.7 Å². The SMILES string of the molecule is CSC1(Cn2c(N)nc3cc(Br)ccc32)CCCC1. The minimum Gasteiger partial charge on any atom is -0.369 e. The fraction of sp³-hybridized carbons (Fsp3) is 0.500. The number of benzene rings is 1. The third-order valence-electron chi connectivity index (χ3n) is 4.13. The molecule has 2 N–H and O–H groups in total. The van der Waals surface area contributed by atoms with Gasteiger partial charge >= 0.3 is 0 Å². The van der Waals surface area contributed by atoms with Gasteiger partial charge in [-0.05, 0) is 37.3 Å². The maximum absolute atomic E-state index is 6.12. The van der Waals surface area contributed by atoms with Crippen molar-refractivity contribution in [3.8, 4) is 0 Å². The topological polar surface area (TPSA) is 43.8 Å². The Labute approximate surface area is 126 Å². The van der Waals surface area contributed by atoms with Crippen LogP contribution in [0.4, 0.5) is 5.95 Å². The first kappa shape index (κ1) is 13.3. The summed E-state index contributed by atoms with van der Waals surface area (Å²) in [5.74, 6) is 0.633. The molecule has 1 aromatic carbocycles. The summed E-state index contributed by atoms with van der Waals surface area (Å²) >= 11 is 5.47. The van der Waals surface area contributed by atoms with E-state index < -0.39 is 0 Å². The number of halogens is 1. The van der Waals surface area contributed by atoms with Crippen LogP contribution in [0.3, 0.4) is 0 Å². The summed E-state index contributed by atoms with van der Waals surface area (Å²) in [4.78, 5) is 4.48. The van der Waals surface area contributed by atoms with E-state index in [0.717, 1.165) is 22.1 Å². The van der Waals surface area contributed by atoms with Gasteiger partial charge in [-0.25, -0.2) is 4.98 Å². The number of hydrogen-bond donors (Lipinski definition) is 1. The average molecular weight is 340 g/mol. The smallest absolute Gasteiger partial charge is 0.201 e. The maximum Gasteiger partial charge on any atom is 0.201 e. The summed E-state index contributed by atoms with van der Waals surface area (Å²) < 4.78 is 3.57. The molecule has 1 aliphatic carbocycles. The van der Waals surface area contributed by atoms with Crippen LogP contribution < -0.4 is 5.73 Å². The van der Waals surface area contributed by atoms with Gasteiger partial charge < -0.3 is 10.3 Å². The summed E-state index contributed by atoms with van der Waals surface area (Å²) in [6, 6.07) is 6.19. The van der Waals surface area contributed by atoms with Crippen LogP contribution >= 0.6 is 27.7 Å². The van der Waals surface area contributed by atoms with Gasteiger partial charge in [-0.1, -0.05) is 28.8 Å². The van der Waals surface area contributed by atoms with E-state index in [0.29, 0.717) is 10.7 Å². The lowest BCUT2D eigenvalue weighted by Gasteiger charge is -2.27. The molecule has 1 fully saturated rings. The summed E-state index contributed by atoms with van der Waals surface area (Å²) in [5, 5.41) is 0. The van der Waals surface area contributed by atoms with Crippen molar-refractivity contribution >= 4 is 44.7 Å². The number of hydrogen-bond acceptors (Lipinski definition) is 3. The Morgan fingerprint density at radius 1 is 1.42 bits per heavy atom. The van der Waals surface area contributed by atoms with Gasteiger partial charge in [0.2, 0.25) is 5.95 Å². The van der Waals surface area contributed by atoms with E-state index in [2.05, 4.69) is 43.9 Å². The van der Waals surface area contributed by atoms with Gasteiger partial charge in [0, 0.05) is 15.8 Å². The monoisotopic (exact) mass is 339 g/mol. The molecule has 0 bridgehead atoms. The summed E-state index contributed by atoms with van der Waals surface area (Å²) in [7, 11) is 0. The summed E-state index contributed by atoms with van der Waals surface area (Å²) in [5.41, 5.74) is 8.24.